The Labute approximate surface area is 404 Å². The van der Waals surface area contributed by atoms with Gasteiger partial charge in [0.2, 0.25) is 0 Å². The minimum Gasteiger partial charge on any atom is -0.456 e. The molecule has 0 N–H and O–H groups in total. The van der Waals surface area contributed by atoms with E-state index < -0.39 is 0 Å². The van der Waals surface area contributed by atoms with E-state index in [1.165, 1.54) is 38.1 Å². The highest BCUT2D eigenvalue weighted by Crippen LogP contribution is 2.42. The van der Waals surface area contributed by atoms with E-state index in [9.17, 15) is 0 Å². The maximum atomic E-state index is 6.57. The van der Waals surface area contributed by atoms with Gasteiger partial charge in [-0.05, 0) is 114 Å². The molecule has 0 radical (unpaired) electrons. The molecule has 6 heteroatoms. The Morgan fingerprint density at radius 3 is 1.56 bits per heavy atom. The number of rotatable bonds is 9. The maximum Gasteiger partial charge on any atom is 0.164 e. The molecule has 9 aromatic carbocycles. The lowest BCUT2D eigenvalue weighted by molar-refractivity contribution is 0.669. The van der Waals surface area contributed by atoms with Crippen LogP contribution in [0.5, 0.6) is 0 Å². The van der Waals surface area contributed by atoms with Gasteiger partial charge in [0, 0.05) is 60.4 Å². The Kier molecular flexibility index (Phi) is 9.77. The Hall–Kier alpha value is -9.39. The molecular formula is C64H43N5O. The fourth-order valence-corrected chi connectivity index (χ4v) is 10.2. The van der Waals surface area contributed by atoms with Gasteiger partial charge < -0.3 is 13.6 Å². The highest BCUT2D eigenvalue weighted by molar-refractivity contribution is 6.15. The number of hydrogen-bond donors (Lipinski definition) is 0. The van der Waals surface area contributed by atoms with Crippen molar-refractivity contribution in [3.8, 4) is 56.4 Å². The monoisotopic (exact) mass is 897 g/mol. The van der Waals surface area contributed by atoms with E-state index in [0.717, 1.165) is 77.7 Å². The molecular weight excluding hydrogens is 855 g/mol. The predicted octanol–water partition coefficient (Wildman–Crippen LogP) is 16.8. The van der Waals surface area contributed by atoms with E-state index in [1.54, 1.807) is 6.08 Å². The fourth-order valence-electron chi connectivity index (χ4n) is 10.2. The molecule has 13 aromatic rings. The molecule has 0 aliphatic heterocycles. The van der Waals surface area contributed by atoms with Gasteiger partial charge in [0.15, 0.2) is 17.5 Å². The SMILES string of the molecule is C=C/C(=C\C=C/C)c1nc(-c2ccccc2)nc(-c2cccc3oc4ccc(-c5ccc6c(c5)c5cc(-c7ccc8c(c7)c7ccccc7n8-c7ccccc7)ccc5n6-c5ccccc5)cc4c23)n1. The first-order valence-electron chi connectivity index (χ1n) is 23.6. The van der Waals surface area contributed by atoms with Gasteiger partial charge in [-0.1, -0.05) is 152 Å². The first-order valence-corrected chi connectivity index (χ1v) is 23.6. The number of hydrogen-bond acceptors (Lipinski definition) is 4. The first kappa shape index (κ1) is 40.8. The molecule has 0 aliphatic carbocycles. The van der Waals surface area contributed by atoms with Crippen LogP contribution in [0.15, 0.2) is 242 Å². The van der Waals surface area contributed by atoms with Crippen molar-refractivity contribution in [3.05, 3.63) is 243 Å². The summed E-state index contributed by atoms with van der Waals surface area (Å²) in [6.45, 7) is 6.08. The molecule has 70 heavy (non-hydrogen) atoms. The fraction of sp³-hybridized carbons (Fsp3) is 0.0156. The van der Waals surface area contributed by atoms with Crippen molar-refractivity contribution in [1.29, 1.82) is 0 Å². The second kappa shape index (κ2) is 16.7. The third kappa shape index (κ3) is 6.76. The third-order valence-electron chi connectivity index (χ3n) is 13.5. The third-order valence-corrected chi connectivity index (χ3v) is 13.5. The number of nitrogens with zero attached hydrogens (tertiary/aromatic N) is 5. The molecule has 0 saturated carbocycles. The van der Waals surface area contributed by atoms with Crippen LogP contribution in [0.1, 0.15) is 12.7 Å². The zero-order valence-corrected chi connectivity index (χ0v) is 38.3. The lowest BCUT2D eigenvalue weighted by Gasteiger charge is -2.10. The summed E-state index contributed by atoms with van der Waals surface area (Å²) in [5, 5.41) is 6.75. The number of benzene rings is 9. The molecule has 0 fully saturated rings. The van der Waals surface area contributed by atoms with Crippen LogP contribution in [-0.4, -0.2) is 24.1 Å². The van der Waals surface area contributed by atoms with Crippen molar-refractivity contribution in [2.75, 3.05) is 0 Å². The lowest BCUT2D eigenvalue weighted by atomic mass is 9.98. The van der Waals surface area contributed by atoms with Crippen LogP contribution in [0.25, 0.3) is 128 Å². The number of para-hydroxylation sites is 3. The van der Waals surface area contributed by atoms with Crippen LogP contribution in [0.3, 0.4) is 0 Å². The van der Waals surface area contributed by atoms with Crippen molar-refractivity contribution in [3.63, 3.8) is 0 Å². The van der Waals surface area contributed by atoms with E-state index >= 15 is 0 Å². The molecule has 13 rings (SSSR count). The largest absolute Gasteiger partial charge is 0.456 e. The van der Waals surface area contributed by atoms with Gasteiger partial charge in [-0.25, -0.2) is 15.0 Å². The van der Waals surface area contributed by atoms with E-state index in [4.69, 9.17) is 19.4 Å². The molecule has 330 valence electrons. The zero-order valence-electron chi connectivity index (χ0n) is 38.3. The highest BCUT2D eigenvalue weighted by atomic mass is 16.3. The molecule has 0 saturated heterocycles. The molecule has 0 unspecified atom stereocenters. The van der Waals surface area contributed by atoms with Gasteiger partial charge in [-0.3, -0.25) is 0 Å². The highest BCUT2D eigenvalue weighted by Gasteiger charge is 2.21. The average molecular weight is 898 g/mol. The Morgan fingerprint density at radius 2 is 0.957 bits per heavy atom. The molecule has 0 spiro atoms. The van der Waals surface area contributed by atoms with Crippen LogP contribution < -0.4 is 0 Å². The summed E-state index contributed by atoms with van der Waals surface area (Å²) in [6.07, 6.45) is 7.71. The van der Waals surface area contributed by atoms with E-state index in [-0.39, 0.29) is 0 Å². The molecule has 0 amide bonds. The molecule has 6 nitrogen and oxygen atoms in total. The lowest BCUT2D eigenvalue weighted by Crippen LogP contribution is -2.02. The van der Waals surface area contributed by atoms with Gasteiger partial charge >= 0.3 is 0 Å². The summed E-state index contributed by atoms with van der Waals surface area (Å²) < 4.78 is 11.3. The van der Waals surface area contributed by atoms with Crippen molar-refractivity contribution >= 4 is 71.1 Å². The second-order valence-corrected chi connectivity index (χ2v) is 17.6. The number of aromatic nitrogens is 5. The molecule has 4 heterocycles. The normalized spacial score (nSPS) is 12.2. The number of furan rings is 1. The van der Waals surface area contributed by atoms with Crippen LogP contribution in [0.2, 0.25) is 0 Å². The zero-order chi connectivity index (χ0) is 46.7. The number of allylic oxidation sites excluding steroid dienone is 5. The standard InChI is InChI=1S/C64H43N5O/c1-3-5-18-41(4-2)62-65-63(42-19-9-6-10-20-42)67-64(66-62)50-26-17-28-60-61(50)54-40-46(32-36-59(54)70-60)45-31-35-58-53(39-45)52-38-44(30-34-57(52)69(58)48-23-13-8-14-24-48)43-29-33-56-51(37-43)49-25-15-16-27-55(49)68(56)47-21-11-7-12-22-47/h3-40H,2H2,1H3/b5-3-,41-18+. The molecule has 4 aromatic heterocycles. The maximum absolute atomic E-state index is 6.57. The van der Waals surface area contributed by atoms with Crippen LogP contribution in [0.4, 0.5) is 0 Å². The van der Waals surface area contributed by atoms with Crippen molar-refractivity contribution < 1.29 is 4.42 Å². The van der Waals surface area contributed by atoms with E-state index in [0.29, 0.717) is 17.5 Å². The van der Waals surface area contributed by atoms with Gasteiger partial charge in [-0.2, -0.15) is 0 Å². The van der Waals surface area contributed by atoms with Crippen molar-refractivity contribution in [2.24, 2.45) is 0 Å². The van der Waals surface area contributed by atoms with Crippen molar-refractivity contribution in [2.45, 2.75) is 6.92 Å². The van der Waals surface area contributed by atoms with Crippen molar-refractivity contribution in [1.82, 2.24) is 24.1 Å². The average Bonchev–Trinajstić information content (AvgIpc) is 4.08. The first-order chi connectivity index (χ1) is 34.6. The molecule has 0 aliphatic rings. The van der Waals surface area contributed by atoms with E-state index in [2.05, 4.69) is 180 Å². The predicted molar refractivity (Wildman–Crippen MR) is 291 cm³/mol. The Balaban J connectivity index is 0.973. The number of fused-ring (bicyclic) bond motifs is 9. The summed E-state index contributed by atoms with van der Waals surface area (Å²) in [7, 11) is 0. The van der Waals surface area contributed by atoms with Crippen LogP contribution in [0, 0.1) is 0 Å². The summed E-state index contributed by atoms with van der Waals surface area (Å²) in [5.41, 5.74) is 15.6. The summed E-state index contributed by atoms with van der Waals surface area (Å²) in [4.78, 5) is 15.1. The van der Waals surface area contributed by atoms with Gasteiger partial charge in [0.1, 0.15) is 11.2 Å². The van der Waals surface area contributed by atoms with Crippen LogP contribution in [-0.2, 0) is 0 Å². The quantitative estimate of drug-likeness (QED) is 0.135. The summed E-state index contributed by atoms with van der Waals surface area (Å²) in [5.74, 6) is 1.69. The Morgan fingerprint density at radius 1 is 0.443 bits per heavy atom. The van der Waals surface area contributed by atoms with Gasteiger partial charge in [0.05, 0.1) is 22.1 Å². The topological polar surface area (TPSA) is 61.7 Å². The van der Waals surface area contributed by atoms with Gasteiger partial charge in [-0.15, -0.1) is 0 Å². The molecule has 0 atom stereocenters. The second-order valence-electron chi connectivity index (χ2n) is 17.6. The van der Waals surface area contributed by atoms with Gasteiger partial charge in [0.25, 0.3) is 0 Å². The minimum absolute atomic E-state index is 0.546. The Bertz CT molecular complexity index is 4250. The summed E-state index contributed by atoms with van der Waals surface area (Å²) >= 11 is 0. The molecule has 0 bridgehead atoms. The summed E-state index contributed by atoms with van der Waals surface area (Å²) in [6, 6.07) is 73.3. The van der Waals surface area contributed by atoms with E-state index in [1.807, 2.05) is 67.6 Å². The minimum atomic E-state index is 0.546. The smallest absolute Gasteiger partial charge is 0.164 e. The van der Waals surface area contributed by atoms with Crippen LogP contribution >= 0.6 is 0 Å².